The van der Waals surface area contributed by atoms with Crippen LogP contribution in [0.5, 0.6) is 0 Å². The summed E-state index contributed by atoms with van der Waals surface area (Å²) in [7, 11) is 8.90. The zero-order valence-corrected chi connectivity index (χ0v) is 45.4. The van der Waals surface area contributed by atoms with Gasteiger partial charge in [-0.05, 0) is 73.6 Å². The fourth-order valence-electron chi connectivity index (χ4n) is 11.0. The van der Waals surface area contributed by atoms with Crippen LogP contribution in [0.15, 0.2) is 54.1 Å². The number of nitrogens with zero attached hydrogens (tertiary/aromatic N) is 8. The normalized spacial score (nSPS) is 24.5. The zero-order valence-electron chi connectivity index (χ0n) is 42.4. The van der Waals surface area contributed by atoms with E-state index in [1.165, 1.54) is 21.2 Å². The van der Waals surface area contributed by atoms with Crippen molar-refractivity contribution >= 4 is 76.7 Å². The third-order valence-corrected chi connectivity index (χ3v) is 18.2. The largest absolute Gasteiger partial charge is 0.464 e. The molecule has 9 rings (SSSR count). The highest BCUT2D eigenvalue weighted by atomic mass is 127. The molecule has 17 nitrogen and oxygen atoms in total. The quantitative estimate of drug-likeness (QED) is 0.0829. The second-order valence-electron chi connectivity index (χ2n) is 20.9. The maximum Gasteiger partial charge on any atom is 0.324 e. The van der Waals surface area contributed by atoms with Crippen LogP contribution in [0.4, 0.5) is 4.79 Å². The highest BCUT2D eigenvalue weighted by molar-refractivity contribution is 14.2. The SMILES string of the molecule is CCn1c2c3c4cc(ccc41)-c1csc(n1)C[C@@](NC(=O)[C@H](C(C)C)N(C)C(=O)N(C)C1CN(C(=O)/C=C/CN(C)C)C1)(C1C=I1)C(=O)N1CCC[C@H](N1)C(=O)OCC(C)(C)C3[C@H](OC)c1ncccc1-2. The van der Waals surface area contributed by atoms with Crippen molar-refractivity contribution in [1.82, 2.24) is 49.9 Å². The van der Waals surface area contributed by atoms with Gasteiger partial charge in [0.15, 0.2) is 0 Å². The van der Waals surface area contributed by atoms with Crippen molar-refractivity contribution in [2.45, 2.75) is 100 Å². The molecule has 4 aliphatic heterocycles. The predicted octanol–water partition coefficient (Wildman–Crippen LogP) is 5.60. The van der Waals surface area contributed by atoms with Crippen molar-refractivity contribution in [1.29, 1.82) is 0 Å². The van der Waals surface area contributed by atoms with Gasteiger partial charge in [0.25, 0.3) is 5.91 Å². The van der Waals surface area contributed by atoms with Crippen LogP contribution in [0.2, 0.25) is 0 Å². The second-order valence-corrected chi connectivity index (χ2v) is 24.6. The first-order chi connectivity index (χ1) is 33.9. The topological polar surface area (TPSA) is 175 Å². The molecule has 0 saturated carbocycles. The minimum Gasteiger partial charge on any atom is -0.464 e. The van der Waals surface area contributed by atoms with Gasteiger partial charge in [-0.2, -0.15) is 0 Å². The Balaban J connectivity index is 1.07. The summed E-state index contributed by atoms with van der Waals surface area (Å²) in [6.45, 7) is 12.6. The Hall–Kier alpha value is -5.09. The maximum absolute atomic E-state index is 15.5. The number of cyclic esters (lactones) is 1. The van der Waals surface area contributed by atoms with E-state index < -0.39 is 61.7 Å². The number of hydrogen-bond donors (Lipinski definition) is 2. The molecule has 5 aliphatic rings. The molecule has 71 heavy (non-hydrogen) atoms. The number of methoxy groups -OCH3 is 1. The number of rotatable bonds is 11. The number of thiazole rings is 1. The molecular formula is C52H67IN10O7S. The third-order valence-electron chi connectivity index (χ3n) is 14.9. The summed E-state index contributed by atoms with van der Waals surface area (Å²) in [5.74, 6) is -1.99. The summed E-state index contributed by atoms with van der Waals surface area (Å²) >= 11 is 0.852. The van der Waals surface area contributed by atoms with Crippen molar-refractivity contribution in [2.24, 2.45) is 11.3 Å². The number of fused-ring (bicyclic) bond motifs is 8. The highest BCUT2D eigenvalue weighted by Gasteiger charge is 2.55. The number of esters is 1. The summed E-state index contributed by atoms with van der Waals surface area (Å²) in [5, 5.41) is 8.55. The van der Waals surface area contributed by atoms with E-state index in [4.69, 9.17) is 19.4 Å². The Morgan fingerprint density at radius 3 is 2.58 bits per heavy atom. The van der Waals surface area contributed by atoms with E-state index in [0.717, 1.165) is 44.7 Å². The summed E-state index contributed by atoms with van der Waals surface area (Å²) in [4.78, 5) is 88.8. The molecule has 3 aromatic heterocycles. The van der Waals surface area contributed by atoms with E-state index in [2.05, 4.69) is 64.4 Å². The molecule has 4 aromatic rings. The number of hydrogen-bond acceptors (Lipinski definition) is 12. The number of carbonyl (C=O) groups excluding carboxylic acids is 5. The molecular weight excluding hydrogens is 1040 g/mol. The average Bonchev–Trinajstić information content (AvgIpc) is 4.01. The zero-order chi connectivity index (χ0) is 50.7. The Labute approximate surface area is 430 Å². The molecule has 6 atom stereocenters. The van der Waals surface area contributed by atoms with Gasteiger partial charge in [-0.3, -0.25) is 29.2 Å². The molecule has 6 bridgehead atoms. The van der Waals surface area contributed by atoms with Gasteiger partial charge in [0.2, 0.25) is 11.8 Å². The predicted molar refractivity (Wildman–Crippen MR) is 283 cm³/mol. The number of hydrazine groups is 1. The molecule has 2 N–H and O–H groups in total. The lowest BCUT2D eigenvalue weighted by molar-refractivity contribution is -0.158. The first kappa shape index (κ1) is 50.8. The van der Waals surface area contributed by atoms with E-state index in [1.54, 1.807) is 43.3 Å². The standard InChI is InChI=1S/C52H67IN10O7S/c1-11-62-37-19-18-31-23-34(37)41-42(46(69-10)43-33(45(41)62)15-12-20-54-43)51(4,5)29-70-48(66)35-16-13-22-63(57-35)49(67)52(38-25-53-38,24-39-55-36(31)28-71-39)56-47(65)44(30(2)3)60(9)50(68)59(8)32-26-61(27-32)40(64)17-14-21-58(6)7/h12,14-15,17-20,23,25,28,30,32,35,38,42,44,46,57H,11,13,16,21-22,24,26-27,29H2,1-10H3,(H,56,65)/b17-14+/t35-,38?,42?,44-,46-,52+/m0/s1. The van der Waals surface area contributed by atoms with Gasteiger partial charge in [-0.25, -0.2) is 15.2 Å². The number of aryl methyl sites for hydroxylation is 1. The molecule has 7 heterocycles. The second kappa shape index (κ2) is 20.1. The van der Waals surface area contributed by atoms with Crippen molar-refractivity contribution < 1.29 is 33.4 Å². The summed E-state index contributed by atoms with van der Waals surface area (Å²) in [6, 6.07) is 8.16. The van der Waals surface area contributed by atoms with Crippen LogP contribution in [0.1, 0.15) is 75.7 Å². The van der Waals surface area contributed by atoms with Crippen LogP contribution in [0.3, 0.4) is 0 Å². The Morgan fingerprint density at radius 2 is 1.89 bits per heavy atom. The van der Waals surface area contributed by atoms with E-state index >= 15 is 9.59 Å². The van der Waals surface area contributed by atoms with Gasteiger partial charge in [0, 0.05) is 111 Å². The molecule has 19 heteroatoms. The monoisotopic (exact) mass is 1100 g/mol. The number of alkyl halides is 1. The van der Waals surface area contributed by atoms with Gasteiger partial charge in [-0.15, -0.1) is 32.1 Å². The minimum absolute atomic E-state index is 0.0725. The number of carbonyl (C=O) groups is 5. The van der Waals surface area contributed by atoms with Gasteiger partial charge in [0.1, 0.15) is 23.7 Å². The Bertz CT molecular complexity index is 2790. The van der Waals surface area contributed by atoms with Crippen LogP contribution in [0, 0.1) is 11.3 Å². The van der Waals surface area contributed by atoms with E-state index in [9.17, 15) is 14.4 Å². The fraction of sp³-hybridized carbons (Fsp3) is 0.538. The lowest BCUT2D eigenvalue weighted by Crippen LogP contribution is -2.71. The summed E-state index contributed by atoms with van der Waals surface area (Å²) in [5.41, 5.74) is 7.90. The molecule has 5 amide bonds. The molecule has 2 saturated heterocycles. The number of urea groups is 1. The number of likely N-dealkylation sites (tertiary alicyclic amines) is 1. The van der Waals surface area contributed by atoms with E-state index in [0.29, 0.717) is 50.6 Å². The van der Waals surface area contributed by atoms with Crippen LogP contribution < -0.4 is 10.7 Å². The highest BCUT2D eigenvalue weighted by Crippen LogP contribution is 2.57. The lowest BCUT2D eigenvalue weighted by Gasteiger charge is -2.46. The van der Waals surface area contributed by atoms with E-state index in [-0.39, 0.29) is 52.7 Å². The third kappa shape index (κ3) is 9.45. The number of likely N-dealkylation sites (N-methyl/N-ethyl adjacent to an activating group) is 3. The number of amides is 5. The number of nitrogens with one attached hydrogen (secondary N) is 2. The molecule has 380 valence electrons. The lowest BCUT2D eigenvalue weighted by atomic mass is 9.67. The van der Waals surface area contributed by atoms with Crippen molar-refractivity contribution in [3.05, 3.63) is 70.3 Å². The molecule has 0 spiro atoms. The molecule has 1 aliphatic carbocycles. The minimum atomic E-state index is -1.46. The average molecular weight is 1100 g/mol. The Morgan fingerprint density at radius 1 is 1.13 bits per heavy atom. The maximum atomic E-state index is 15.5. The number of aromatic nitrogens is 3. The summed E-state index contributed by atoms with van der Waals surface area (Å²) < 4.78 is 16.9. The number of pyridine rings is 1. The Kier molecular flexibility index (Phi) is 14.4. The smallest absolute Gasteiger partial charge is 0.324 e. The molecule has 2 unspecified atom stereocenters. The van der Waals surface area contributed by atoms with Crippen LogP contribution >= 0.6 is 32.1 Å². The van der Waals surface area contributed by atoms with Gasteiger partial charge < -0.3 is 39.0 Å². The van der Waals surface area contributed by atoms with Crippen molar-refractivity contribution in [3.8, 4) is 22.5 Å². The summed E-state index contributed by atoms with van der Waals surface area (Å²) in [6.07, 6.45) is 5.84. The fourth-order valence-corrected chi connectivity index (χ4v) is 14.0. The number of halogens is 1. The van der Waals surface area contributed by atoms with Crippen LogP contribution in [-0.2, 0) is 41.6 Å². The van der Waals surface area contributed by atoms with Gasteiger partial charge >= 0.3 is 12.0 Å². The molecule has 0 radical (unpaired) electrons. The molecule has 2 fully saturated rings. The number of ether oxygens (including phenoxy) is 2. The van der Waals surface area contributed by atoms with Crippen LogP contribution in [-0.4, -0.2) is 169 Å². The van der Waals surface area contributed by atoms with Gasteiger partial charge in [0.05, 0.1) is 38.7 Å². The van der Waals surface area contributed by atoms with Crippen LogP contribution in [0.25, 0.3) is 33.4 Å². The van der Waals surface area contributed by atoms with Gasteiger partial charge in [-0.1, -0.05) is 39.8 Å². The van der Waals surface area contributed by atoms with Crippen molar-refractivity contribution in [3.63, 3.8) is 0 Å². The van der Waals surface area contributed by atoms with E-state index in [1.807, 2.05) is 50.4 Å². The first-order valence-electron chi connectivity index (χ1n) is 24.6. The first-order valence-corrected chi connectivity index (χ1v) is 28.0. The van der Waals surface area contributed by atoms with Crippen molar-refractivity contribution in [2.75, 3.05) is 68.1 Å². The molecule has 1 aromatic carbocycles. The number of benzene rings is 1.